The molecular weight excluding hydrogens is 226 g/mol. The third-order valence-electron chi connectivity index (χ3n) is 2.98. The van der Waals surface area contributed by atoms with Gasteiger partial charge in [0.05, 0.1) is 11.3 Å². The maximum Gasteiger partial charge on any atom is 0.167 e. The van der Waals surface area contributed by atoms with E-state index in [1.807, 2.05) is 26.0 Å². The van der Waals surface area contributed by atoms with E-state index in [1.54, 1.807) is 0 Å². The van der Waals surface area contributed by atoms with Crippen LogP contribution in [-0.4, -0.2) is 17.1 Å². The second kappa shape index (κ2) is 5.17. The highest BCUT2D eigenvalue weighted by Gasteiger charge is 2.18. The Morgan fingerprint density at radius 1 is 1.17 bits per heavy atom. The van der Waals surface area contributed by atoms with Gasteiger partial charge in [-0.25, -0.2) is 0 Å². The molecule has 0 aromatic heterocycles. The predicted octanol–water partition coefficient (Wildman–Crippen LogP) is 3.57. The van der Waals surface area contributed by atoms with E-state index in [2.05, 4.69) is 11.1 Å². The van der Waals surface area contributed by atoms with Crippen LogP contribution in [0.15, 0.2) is 34.5 Å². The van der Waals surface area contributed by atoms with Crippen LogP contribution >= 0.6 is 0 Å². The van der Waals surface area contributed by atoms with Crippen molar-refractivity contribution in [2.75, 3.05) is 0 Å². The highest BCUT2D eigenvalue weighted by Crippen LogP contribution is 2.21. The van der Waals surface area contributed by atoms with Crippen molar-refractivity contribution in [3.63, 3.8) is 0 Å². The van der Waals surface area contributed by atoms with Crippen LogP contribution in [0.1, 0.15) is 30.4 Å². The van der Waals surface area contributed by atoms with Crippen molar-refractivity contribution in [1.29, 1.82) is 0 Å². The summed E-state index contributed by atoms with van der Waals surface area (Å²) >= 11 is 0. The molecule has 1 N–H and O–H groups in total. The average molecular weight is 243 g/mol. The van der Waals surface area contributed by atoms with Gasteiger partial charge in [0.15, 0.2) is 5.78 Å². The van der Waals surface area contributed by atoms with E-state index in [-0.39, 0.29) is 11.5 Å². The largest absolute Gasteiger partial charge is 0.512 e. The van der Waals surface area contributed by atoms with Crippen LogP contribution in [0.2, 0.25) is 0 Å². The fourth-order valence-corrected chi connectivity index (χ4v) is 2.16. The molecule has 0 heterocycles. The van der Waals surface area contributed by atoms with Gasteiger partial charge >= 0.3 is 0 Å². The van der Waals surface area contributed by atoms with Crippen LogP contribution in [0.25, 0.3) is 0 Å². The topological polar surface area (TPSA) is 49.7 Å². The summed E-state index contributed by atoms with van der Waals surface area (Å²) < 4.78 is 0. The number of rotatable bonds is 2. The van der Waals surface area contributed by atoms with Gasteiger partial charge in [-0.15, -0.1) is 0 Å². The Labute approximate surface area is 107 Å². The number of ketones is 1. The highest BCUT2D eigenvalue weighted by molar-refractivity contribution is 6.14. The van der Waals surface area contributed by atoms with E-state index < -0.39 is 0 Å². The first-order valence-corrected chi connectivity index (χ1v) is 6.14. The monoisotopic (exact) mass is 243 g/mol. The minimum Gasteiger partial charge on any atom is -0.512 e. The van der Waals surface area contributed by atoms with Crippen molar-refractivity contribution in [1.82, 2.24) is 0 Å². The Bertz CT molecular complexity index is 521. The first kappa shape index (κ1) is 12.6. The number of hydrogen-bond acceptors (Lipinski definition) is 3. The van der Waals surface area contributed by atoms with Crippen LogP contribution in [-0.2, 0) is 4.79 Å². The van der Waals surface area contributed by atoms with Gasteiger partial charge in [-0.05, 0) is 43.5 Å². The second-order valence-electron chi connectivity index (χ2n) is 4.74. The normalized spacial score (nSPS) is 16.7. The first-order valence-electron chi connectivity index (χ1n) is 6.14. The van der Waals surface area contributed by atoms with Crippen LogP contribution in [0.3, 0.4) is 0 Å². The molecule has 3 nitrogen and oxygen atoms in total. The van der Waals surface area contributed by atoms with Gasteiger partial charge in [-0.3, -0.25) is 9.79 Å². The molecule has 0 spiro atoms. The van der Waals surface area contributed by atoms with E-state index in [4.69, 9.17) is 0 Å². The lowest BCUT2D eigenvalue weighted by atomic mass is 9.97. The summed E-state index contributed by atoms with van der Waals surface area (Å²) in [6.45, 7) is 4.02. The van der Waals surface area contributed by atoms with E-state index >= 15 is 0 Å². The Morgan fingerprint density at radius 2 is 1.83 bits per heavy atom. The number of Topliss-reactive ketones (excluding diaryl/α,β-unsaturated/α-hetero) is 1. The van der Waals surface area contributed by atoms with Crippen LogP contribution < -0.4 is 0 Å². The van der Waals surface area contributed by atoms with Gasteiger partial charge in [0.25, 0.3) is 0 Å². The van der Waals surface area contributed by atoms with Crippen LogP contribution in [0.4, 0.5) is 5.69 Å². The van der Waals surface area contributed by atoms with Crippen LogP contribution in [0, 0.1) is 13.8 Å². The Morgan fingerprint density at radius 3 is 2.44 bits per heavy atom. The fourth-order valence-electron chi connectivity index (χ4n) is 2.16. The number of benzene rings is 1. The van der Waals surface area contributed by atoms with Gasteiger partial charge < -0.3 is 5.11 Å². The molecule has 1 aliphatic carbocycles. The summed E-state index contributed by atoms with van der Waals surface area (Å²) in [5, 5.41) is 9.69. The van der Waals surface area contributed by atoms with E-state index in [0.717, 1.165) is 23.2 Å². The van der Waals surface area contributed by atoms with Gasteiger partial charge in [0.1, 0.15) is 5.76 Å². The van der Waals surface area contributed by atoms with Gasteiger partial charge in [0, 0.05) is 19.1 Å². The molecule has 0 aliphatic heterocycles. The number of carbonyl (C=O) groups excluding carboxylic acids is 1. The molecule has 0 radical (unpaired) electrons. The molecule has 0 unspecified atom stereocenters. The molecule has 0 fully saturated rings. The van der Waals surface area contributed by atoms with Crippen molar-refractivity contribution >= 4 is 17.7 Å². The van der Waals surface area contributed by atoms with Crippen molar-refractivity contribution in [3.8, 4) is 0 Å². The minimum absolute atomic E-state index is 0.0214. The molecule has 0 bridgehead atoms. The molecule has 18 heavy (non-hydrogen) atoms. The summed E-state index contributed by atoms with van der Waals surface area (Å²) in [6.07, 6.45) is 3.29. The maximum atomic E-state index is 11.7. The standard InChI is InChI=1S/C15H17NO2/c1-10-6-11(2)8-12(7-10)16-9-13-14(17)4-3-5-15(13)18/h6-9,17H,3-5H2,1-2H3. The minimum atomic E-state index is -0.0214. The number of aliphatic hydroxyl groups is 1. The fraction of sp³-hybridized carbons (Fsp3) is 0.333. The molecule has 0 saturated heterocycles. The number of aliphatic hydroxyl groups excluding tert-OH is 1. The number of nitrogens with zero attached hydrogens (tertiary/aromatic N) is 1. The summed E-state index contributed by atoms with van der Waals surface area (Å²) in [5.41, 5.74) is 3.44. The number of carbonyl (C=O) groups is 1. The van der Waals surface area contributed by atoms with Gasteiger partial charge in [-0.1, -0.05) is 6.07 Å². The summed E-state index contributed by atoms with van der Waals surface area (Å²) in [6, 6.07) is 5.98. The zero-order valence-electron chi connectivity index (χ0n) is 10.7. The lowest BCUT2D eigenvalue weighted by molar-refractivity contribution is -0.115. The first-order chi connectivity index (χ1) is 8.56. The Hall–Kier alpha value is -1.90. The van der Waals surface area contributed by atoms with Gasteiger partial charge in [-0.2, -0.15) is 0 Å². The van der Waals surface area contributed by atoms with Crippen molar-refractivity contribution in [3.05, 3.63) is 40.7 Å². The predicted molar refractivity (Wildman–Crippen MR) is 72.6 cm³/mol. The zero-order valence-corrected chi connectivity index (χ0v) is 10.7. The Balaban J connectivity index is 2.27. The van der Waals surface area contributed by atoms with E-state index in [9.17, 15) is 9.90 Å². The third kappa shape index (κ3) is 2.86. The molecule has 0 amide bonds. The molecule has 1 aromatic rings. The molecule has 3 heteroatoms. The zero-order chi connectivity index (χ0) is 13.1. The second-order valence-corrected chi connectivity index (χ2v) is 4.74. The molecule has 0 saturated carbocycles. The molecule has 0 atom stereocenters. The molecule has 2 rings (SSSR count). The third-order valence-corrected chi connectivity index (χ3v) is 2.98. The molecule has 1 aliphatic rings. The highest BCUT2D eigenvalue weighted by atomic mass is 16.3. The summed E-state index contributed by atoms with van der Waals surface area (Å²) in [4.78, 5) is 15.9. The van der Waals surface area contributed by atoms with Crippen LogP contribution in [0.5, 0.6) is 0 Å². The number of aliphatic imine (C=N–C) groups is 1. The van der Waals surface area contributed by atoms with E-state index in [1.165, 1.54) is 6.21 Å². The molecule has 1 aromatic carbocycles. The van der Waals surface area contributed by atoms with Crippen molar-refractivity contribution in [2.45, 2.75) is 33.1 Å². The van der Waals surface area contributed by atoms with Crippen molar-refractivity contribution < 1.29 is 9.90 Å². The summed E-state index contributed by atoms with van der Waals surface area (Å²) in [5.74, 6) is 0.145. The number of hydrogen-bond donors (Lipinski definition) is 1. The lowest BCUT2D eigenvalue weighted by Gasteiger charge is -2.11. The van der Waals surface area contributed by atoms with Crippen molar-refractivity contribution in [2.24, 2.45) is 4.99 Å². The van der Waals surface area contributed by atoms with E-state index in [0.29, 0.717) is 18.4 Å². The SMILES string of the molecule is Cc1cc(C)cc(N=CC2=C(O)CCCC2=O)c1. The molecular formula is C15H17NO2. The smallest absolute Gasteiger partial charge is 0.167 e. The van der Waals surface area contributed by atoms with Gasteiger partial charge in [0.2, 0.25) is 0 Å². The summed E-state index contributed by atoms with van der Waals surface area (Å²) in [7, 11) is 0. The quantitative estimate of drug-likeness (QED) is 0.807. The number of allylic oxidation sites excluding steroid dienone is 2. The maximum absolute atomic E-state index is 11.7. The molecule has 94 valence electrons. The average Bonchev–Trinajstić information content (AvgIpc) is 2.27. The Kier molecular flexibility index (Phi) is 3.60. The number of aryl methyl sites for hydroxylation is 2. The lowest BCUT2D eigenvalue weighted by Crippen LogP contribution is -2.12.